The number of benzene rings is 3. The lowest BCUT2D eigenvalue weighted by molar-refractivity contribution is 0.0600. The number of Topliss-reactive ketones (excluding diaryl/α,β-unsaturated/α-hetero) is 1. The maximum atomic E-state index is 13.4. The van der Waals surface area contributed by atoms with Crippen molar-refractivity contribution < 1.29 is 14.3 Å². The highest BCUT2D eigenvalue weighted by Gasteiger charge is 2.18. The second kappa shape index (κ2) is 9.94. The molecule has 1 heterocycles. The van der Waals surface area contributed by atoms with Crippen LogP contribution in [0.4, 0.5) is 0 Å². The molecule has 0 spiro atoms. The van der Waals surface area contributed by atoms with Crippen LogP contribution < -0.4 is 14.8 Å². The molecule has 0 atom stereocenters. The smallest absolute Gasteiger partial charge is 0.337 e. The van der Waals surface area contributed by atoms with Crippen LogP contribution in [-0.4, -0.2) is 23.4 Å². The maximum absolute atomic E-state index is 13.4. The van der Waals surface area contributed by atoms with Gasteiger partial charge < -0.3 is 4.74 Å². The van der Waals surface area contributed by atoms with Crippen molar-refractivity contribution in [1.29, 1.82) is 5.26 Å². The molecule has 4 aromatic rings. The number of hydrogen-bond donors (Lipinski definition) is 0. The lowest BCUT2D eigenvalue weighted by atomic mass is 10.1. The Morgan fingerprint density at radius 2 is 1.53 bits per heavy atom. The predicted molar refractivity (Wildman–Crippen MR) is 130 cm³/mol. The molecule has 3 aromatic carbocycles. The Kier molecular flexibility index (Phi) is 6.62. The molecule has 0 unspecified atom stereocenters. The fourth-order valence-corrected chi connectivity index (χ4v) is 4.48. The third kappa shape index (κ3) is 4.49. The van der Waals surface area contributed by atoms with Crippen molar-refractivity contribution in [3.63, 3.8) is 0 Å². The molecule has 0 amide bonds. The van der Waals surface area contributed by atoms with Crippen molar-refractivity contribution in [3.8, 4) is 11.8 Å². The zero-order valence-corrected chi connectivity index (χ0v) is 18.9. The Hall–Kier alpha value is -4.54. The van der Waals surface area contributed by atoms with E-state index in [-0.39, 0.29) is 15.8 Å². The van der Waals surface area contributed by atoms with Crippen molar-refractivity contribution in [2.45, 2.75) is 0 Å². The highest BCUT2D eigenvalue weighted by atomic mass is 32.1. The summed E-state index contributed by atoms with van der Waals surface area (Å²) in [7, 11) is 1.31. The molecule has 0 aliphatic heterocycles. The van der Waals surface area contributed by atoms with E-state index in [4.69, 9.17) is 4.74 Å². The standard InChI is InChI=1S/C27H18N2O4S/c1-33-27(32)20-14-12-18(13-15-20)16-23-25(31)29(21-10-6-3-7-11-21)26(34-23)22(17-28)24(30)19-8-4-2-5-9-19/h2-16H,1H3/b23-16-,26-22-. The molecule has 6 nitrogen and oxygen atoms in total. The van der Waals surface area contributed by atoms with Gasteiger partial charge in [-0.05, 0) is 35.9 Å². The number of rotatable bonds is 5. The number of carbonyl (C=O) groups excluding carboxylic acids is 2. The quantitative estimate of drug-likeness (QED) is 0.333. The molecular weight excluding hydrogens is 448 g/mol. The Labute approximate surface area is 198 Å². The van der Waals surface area contributed by atoms with Crippen LogP contribution in [0.3, 0.4) is 0 Å². The van der Waals surface area contributed by atoms with E-state index < -0.39 is 11.8 Å². The second-order valence-electron chi connectivity index (χ2n) is 7.19. The van der Waals surface area contributed by atoms with E-state index in [1.807, 2.05) is 12.1 Å². The number of hydrogen-bond acceptors (Lipinski definition) is 6. The van der Waals surface area contributed by atoms with Gasteiger partial charge in [-0.15, -0.1) is 11.3 Å². The van der Waals surface area contributed by atoms with E-state index in [0.717, 1.165) is 11.3 Å². The Bertz CT molecular complexity index is 1580. The molecule has 0 saturated carbocycles. The molecule has 0 aliphatic carbocycles. The minimum absolute atomic E-state index is 0.113. The van der Waals surface area contributed by atoms with Crippen molar-refractivity contribution in [3.05, 3.63) is 121 Å². The van der Waals surface area contributed by atoms with E-state index in [1.165, 1.54) is 11.7 Å². The van der Waals surface area contributed by atoms with Gasteiger partial charge in [0.15, 0.2) is 0 Å². The third-order valence-electron chi connectivity index (χ3n) is 5.06. The second-order valence-corrected chi connectivity index (χ2v) is 8.22. The number of methoxy groups -OCH3 is 1. The average molecular weight is 467 g/mol. The highest BCUT2D eigenvalue weighted by Crippen LogP contribution is 2.10. The van der Waals surface area contributed by atoms with Gasteiger partial charge >= 0.3 is 5.97 Å². The number of nitrogens with zero attached hydrogens (tertiary/aromatic N) is 2. The zero-order chi connectivity index (χ0) is 24.1. The summed E-state index contributed by atoms with van der Waals surface area (Å²) >= 11 is 1.07. The number of carbonyl (C=O) groups is 2. The van der Waals surface area contributed by atoms with Crippen LogP contribution in [0.5, 0.6) is 0 Å². The largest absolute Gasteiger partial charge is 0.465 e. The van der Waals surface area contributed by atoms with Gasteiger partial charge in [0.25, 0.3) is 5.56 Å². The summed E-state index contributed by atoms with van der Waals surface area (Å²) in [6.07, 6.45) is 1.67. The Balaban J connectivity index is 1.97. The van der Waals surface area contributed by atoms with Crippen LogP contribution in [0.25, 0.3) is 17.3 Å². The predicted octanol–water partition coefficient (Wildman–Crippen LogP) is 3.07. The van der Waals surface area contributed by atoms with Gasteiger partial charge in [0.05, 0.1) is 22.9 Å². The van der Waals surface area contributed by atoms with Gasteiger partial charge in [0.2, 0.25) is 5.78 Å². The minimum atomic E-state index is -0.456. The average Bonchev–Trinajstić information content (AvgIpc) is 3.20. The number of nitriles is 1. The van der Waals surface area contributed by atoms with E-state index in [0.29, 0.717) is 26.9 Å². The summed E-state index contributed by atoms with van der Waals surface area (Å²) in [4.78, 5) is 38.3. The van der Waals surface area contributed by atoms with Crippen molar-refractivity contribution in [2.24, 2.45) is 0 Å². The van der Waals surface area contributed by atoms with Crippen LogP contribution in [0.1, 0.15) is 26.3 Å². The van der Waals surface area contributed by atoms with Crippen molar-refractivity contribution in [2.75, 3.05) is 7.11 Å². The normalized spacial score (nSPS) is 12.1. The number of esters is 1. The van der Waals surface area contributed by atoms with Gasteiger partial charge in [0.1, 0.15) is 16.3 Å². The molecule has 0 aliphatic rings. The molecule has 34 heavy (non-hydrogen) atoms. The summed E-state index contributed by atoms with van der Waals surface area (Å²) in [5.74, 6) is -0.910. The molecule has 7 heteroatoms. The molecule has 0 radical (unpaired) electrons. The number of aromatic nitrogens is 1. The molecule has 166 valence electrons. The van der Waals surface area contributed by atoms with E-state index in [2.05, 4.69) is 0 Å². The van der Waals surface area contributed by atoms with Crippen LogP contribution in [0, 0.1) is 11.3 Å². The van der Waals surface area contributed by atoms with Crippen LogP contribution >= 0.6 is 11.3 Å². The number of thiazole rings is 1. The topological polar surface area (TPSA) is 89.2 Å². The fourth-order valence-electron chi connectivity index (χ4n) is 3.38. The van der Waals surface area contributed by atoms with E-state index in [1.54, 1.807) is 84.9 Å². The van der Waals surface area contributed by atoms with E-state index in [9.17, 15) is 19.6 Å². The highest BCUT2D eigenvalue weighted by molar-refractivity contribution is 7.07. The first-order valence-electron chi connectivity index (χ1n) is 10.2. The first-order chi connectivity index (χ1) is 16.5. The summed E-state index contributed by atoms with van der Waals surface area (Å²) in [5.41, 5.74) is 1.53. The summed E-state index contributed by atoms with van der Waals surface area (Å²) in [6, 6.07) is 26.0. The van der Waals surface area contributed by atoms with Crippen LogP contribution in [-0.2, 0) is 4.74 Å². The Morgan fingerprint density at radius 3 is 2.12 bits per heavy atom. The molecular formula is C27H18N2O4S. The lowest BCUT2D eigenvalue weighted by Crippen LogP contribution is -2.31. The SMILES string of the molecule is COC(=O)c1ccc(/C=c2\s/c(=C(/C#N)C(=O)c3ccccc3)n(-c3ccccc3)c2=O)cc1. The van der Waals surface area contributed by atoms with Gasteiger partial charge in [0, 0.05) is 5.56 Å². The van der Waals surface area contributed by atoms with Gasteiger partial charge in [-0.3, -0.25) is 14.2 Å². The number of para-hydroxylation sites is 1. The first-order valence-corrected chi connectivity index (χ1v) is 11.1. The molecule has 0 fully saturated rings. The lowest BCUT2D eigenvalue weighted by Gasteiger charge is -2.03. The van der Waals surface area contributed by atoms with Gasteiger partial charge in [-0.2, -0.15) is 5.26 Å². The van der Waals surface area contributed by atoms with Crippen LogP contribution in [0.15, 0.2) is 89.7 Å². The zero-order valence-electron chi connectivity index (χ0n) is 18.1. The van der Waals surface area contributed by atoms with Crippen molar-refractivity contribution in [1.82, 2.24) is 4.57 Å². The maximum Gasteiger partial charge on any atom is 0.337 e. The number of ether oxygens (including phenoxy) is 1. The van der Waals surface area contributed by atoms with Gasteiger partial charge in [-0.1, -0.05) is 60.7 Å². The molecule has 0 N–H and O–H groups in total. The molecule has 1 aromatic heterocycles. The summed E-state index contributed by atoms with van der Waals surface area (Å²) in [6.45, 7) is 0. The van der Waals surface area contributed by atoms with E-state index >= 15 is 0 Å². The van der Waals surface area contributed by atoms with Gasteiger partial charge in [-0.25, -0.2) is 4.79 Å². The summed E-state index contributed by atoms with van der Waals surface area (Å²) in [5, 5.41) is 9.91. The Morgan fingerprint density at radius 1 is 0.912 bits per heavy atom. The third-order valence-corrected chi connectivity index (χ3v) is 6.15. The fraction of sp³-hybridized carbons (Fsp3) is 0.0370. The molecule has 4 rings (SSSR count). The summed E-state index contributed by atoms with van der Waals surface area (Å²) < 4.78 is 6.70. The minimum Gasteiger partial charge on any atom is -0.465 e. The molecule has 0 saturated heterocycles. The molecule has 0 bridgehead atoms. The number of ketones is 1. The monoisotopic (exact) mass is 466 g/mol. The van der Waals surface area contributed by atoms with Crippen molar-refractivity contribution >= 4 is 34.7 Å². The van der Waals surface area contributed by atoms with Crippen LogP contribution in [0.2, 0.25) is 0 Å². The first kappa shape index (κ1) is 22.6.